The zero-order valence-corrected chi connectivity index (χ0v) is 18.0. The molecule has 32 heavy (non-hydrogen) atoms. The van der Waals surface area contributed by atoms with Gasteiger partial charge in [0.1, 0.15) is 18.4 Å². The van der Waals surface area contributed by atoms with Gasteiger partial charge < -0.3 is 9.47 Å². The second-order valence-electron chi connectivity index (χ2n) is 8.20. The van der Waals surface area contributed by atoms with Crippen LogP contribution in [0.1, 0.15) is 24.1 Å². The average molecular weight is 428 g/mol. The highest BCUT2D eigenvalue weighted by Crippen LogP contribution is 2.50. The largest absolute Gasteiger partial charge is 0.497 e. The third kappa shape index (κ3) is 2.94. The number of hydrogen-bond donors (Lipinski definition) is 0. The minimum atomic E-state index is -0.761. The van der Waals surface area contributed by atoms with Crippen LogP contribution in [0.25, 0.3) is 0 Å². The standard InChI is InChI=1S/C26H24N2O4/c1-26(19-11-7-4-8-12-19)23(24(29)28(26)20-13-15-21(31-2)16-14-20)27-22(17-32-25(27)30)18-9-5-3-6-10-18/h3-16,22-23H,17H2,1-2H3/t22-,23-,26-/m1/s1. The third-order valence-electron chi connectivity index (χ3n) is 6.51. The Morgan fingerprint density at radius 2 is 1.53 bits per heavy atom. The van der Waals surface area contributed by atoms with Crippen molar-refractivity contribution >= 4 is 17.7 Å². The van der Waals surface area contributed by atoms with E-state index in [1.807, 2.05) is 91.9 Å². The van der Waals surface area contributed by atoms with E-state index in [0.717, 1.165) is 16.8 Å². The van der Waals surface area contributed by atoms with Crippen molar-refractivity contribution in [3.63, 3.8) is 0 Å². The van der Waals surface area contributed by atoms with Crippen molar-refractivity contribution in [2.24, 2.45) is 0 Å². The van der Waals surface area contributed by atoms with E-state index >= 15 is 0 Å². The van der Waals surface area contributed by atoms with Gasteiger partial charge >= 0.3 is 6.09 Å². The minimum absolute atomic E-state index is 0.138. The van der Waals surface area contributed by atoms with Crippen molar-refractivity contribution in [2.75, 3.05) is 18.6 Å². The Balaban J connectivity index is 1.60. The molecule has 0 bridgehead atoms. The van der Waals surface area contributed by atoms with Crippen LogP contribution < -0.4 is 9.64 Å². The summed E-state index contributed by atoms with van der Waals surface area (Å²) in [5.74, 6) is 0.577. The molecule has 0 aromatic heterocycles. The Labute approximate surface area is 187 Å². The van der Waals surface area contributed by atoms with Gasteiger partial charge in [0.2, 0.25) is 0 Å². The lowest BCUT2D eigenvalue weighted by Crippen LogP contribution is -2.76. The Bertz CT molecular complexity index is 1130. The summed E-state index contributed by atoms with van der Waals surface area (Å²) in [7, 11) is 1.61. The topological polar surface area (TPSA) is 59.1 Å². The maximum Gasteiger partial charge on any atom is 0.411 e. The molecule has 2 saturated heterocycles. The van der Waals surface area contributed by atoms with Crippen molar-refractivity contribution < 1.29 is 19.1 Å². The minimum Gasteiger partial charge on any atom is -0.497 e. The van der Waals surface area contributed by atoms with E-state index in [1.165, 1.54) is 0 Å². The molecule has 2 aliphatic heterocycles. The number of carbonyl (C=O) groups is 2. The predicted octanol–water partition coefficient (Wildman–Crippen LogP) is 4.52. The van der Waals surface area contributed by atoms with Crippen LogP contribution in [0.5, 0.6) is 5.75 Å². The molecule has 2 fully saturated rings. The van der Waals surface area contributed by atoms with Crippen LogP contribution in [-0.4, -0.2) is 36.7 Å². The summed E-state index contributed by atoms with van der Waals surface area (Å²) >= 11 is 0. The molecule has 3 aromatic rings. The van der Waals surface area contributed by atoms with E-state index in [1.54, 1.807) is 16.9 Å². The van der Waals surface area contributed by atoms with Crippen LogP contribution in [-0.2, 0) is 15.1 Å². The zero-order chi connectivity index (χ0) is 22.3. The summed E-state index contributed by atoms with van der Waals surface area (Å²) in [5, 5.41) is 0. The van der Waals surface area contributed by atoms with Gasteiger partial charge in [-0.3, -0.25) is 14.6 Å². The molecule has 5 rings (SSSR count). The number of nitrogens with zero attached hydrogens (tertiary/aromatic N) is 2. The Kier molecular flexibility index (Phi) is 4.85. The smallest absolute Gasteiger partial charge is 0.411 e. The summed E-state index contributed by atoms with van der Waals surface area (Å²) in [6.07, 6.45) is -0.464. The zero-order valence-electron chi connectivity index (χ0n) is 18.0. The number of ether oxygens (including phenoxy) is 2. The lowest BCUT2D eigenvalue weighted by Gasteiger charge is -2.58. The number of β-lactam (4-membered cyclic amide) rings is 1. The molecule has 0 N–H and O–H groups in total. The molecule has 2 amide bonds. The molecule has 6 heteroatoms. The molecule has 6 nitrogen and oxygen atoms in total. The van der Waals surface area contributed by atoms with Gasteiger partial charge in [-0.05, 0) is 42.3 Å². The molecule has 2 heterocycles. The van der Waals surface area contributed by atoms with E-state index in [2.05, 4.69) is 0 Å². The van der Waals surface area contributed by atoms with Crippen molar-refractivity contribution in [3.05, 3.63) is 96.1 Å². The number of carbonyl (C=O) groups excluding carboxylic acids is 2. The maximum absolute atomic E-state index is 13.7. The Morgan fingerprint density at radius 3 is 2.16 bits per heavy atom. The second-order valence-corrected chi connectivity index (χ2v) is 8.20. The SMILES string of the molecule is COc1ccc(N2C(=O)[C@@H](N3C(=O)OC[C@@H]3c3ccccc3)[C@@]2(C)c2ccccc2)cc1. The molecule has 0 spiro atoms. The number of hydrogen-bond acceptors (Lipinski definition) is 4. The van der Waals surface area contributed by atoms with Crippen LogP contribution in [0.2, 0.25) is 0 Å². The van der Waals surface area contributed by atoms with Crippen molar-refractivity contribution in [2.45, 2.75) is 24.5 Å². The lowest BCUT2D eigenvalue weighted by molar-refractivity contribution is -0.136. The third-order valence-corrected chi connectivity index (χ3v) is 6.51. The lowest BCUT2D eigenvalue weighted by atomic mass is 9.73. The predicted molar refractivity (Wildman–Crippen MR) is 120 cm³/mol. The first-order valence-corrected chi connectivity index (χ1v) is 10.6. The normalized spacial score (nSPS) is 24.8. The van der Waals surface area contributed by atoms with Crippen LogP contribution in [0.15, 0.2) is 84.9 Å². The number of methoxy groups -OCH3 is 1. The molecular formula is C26H24N2O4. The second kappa shape index (κ2) is 7.71. The quantitative estimate of drug-likeness (QED) is 0.561. The average Bonchev–Trinajstić information content (AvgIpc) is 3.21. The van der Waals surface area contributed by atoms with E-state index in [4.69, 9.17) is 9.47 Å². The molecule has 0 saturated carbocycles. The summed E-state index contributed by atoms with van der Waals surface area (Å²) in [5.41, 5.74) is 1.89. The molecule has 0 unspecified atom stereocenters. The van der Waals surface area contributed by atoms with Crippen LogP contribution in [0, 0.1) is 0 Å². The van der Waals surface area contributed by atoms with Crippen molar-refractivity contribution in [1.29, 1.82) is 0 Å². The molecule has 3 aromatic carbocycles. The van der Waals surface area contributed by atoms with E-state index in [0.29, 0.717) is 5.75 Å². The Hall–Kier alpha value is -3.80. The fourth-order valence-corrected chi connectivity index (χ4v) is 4.88. The van der Waals surface area contributed by atoms with Gasteiger partial charge in [0, 0.05) is 5.69 Å². The highest BCUT2D eigenvalue weighted by molar-refractivity contribution is 6.09. The molecule has 0 aliphatic carbocycles. The van der Waals surface area contributed by atoms with Gasteiger partial charge in [-0.15, -0.1) is 0 Å². The first-order valence-electron chi connectivity index (χ1n) is 10.6. The number of anilines is 1. The van der Waals surface area contributed by atoms with Gasteiger partial charge in [-0.25, -0.2) is 4.79 Å². The van der Waals surface area contributed by atoms with Gasteiger partial charge in [0.05, 0.1) is 18.7 Å². The molecule has 0 radical (unpaired) electrons. The van der Waals surface area contributed by atoms with E-state index in [-0.39, 0.29) is 18.6 Å². The number of benzene rings is 3. The van der Waals surface area contributed by atoms with E-state index < -0.39 is 17.7 Å². The van der Waals surface area contributed by atoms with Gasteiger partial charge in [0.15, 0.2) is 0 Å². The number of cyclic esters (lactones) is 1. The van der Waals surface area contributed by atoms with Crippen LogP contribution in [0.4, 0.5) is 10.5 Å². The number of amides is 2. The maximum atomic E-state index is 13.7. The fourth-order valence-electron chi connectivity index (χ4n) is 4.88. The highest BCUT2D eigenvalue weighted by atomic mass is 16.6. The molecule has 162 valence electrons. The summed E-state index contributed by atoms with van der Waals surface area (Å²) < 4.78 is 10.7. The summed E-state index contributed by atoms with van der Waals surface area (Å²) in [4.78, 5) is 29.9. The monoisotopic (exact) mass is 428 g/mol. The first-order chi connectivity index (χ1) is 15.6. The van der Waals surface area contributed by atoms with Crippen LogP contribution >= 0.6 is 0 Å². The first kappa shape index (κ1) is 20.1. The summed E-state index contributed by atoms with van der Waals surface area (Å²) in [6.45, 7) is 2.23. The van der Waals surface area contributed by atoms with Crippen LogP contribution in [0.3, 0.4) is 0 Å². The van der Waals surface area contributed by atoms with Gasteiger partial charge in [0.25, 0.3) is 5.91 Å². The van der Waals surface area contributed by atoms with Gasteiger partial charge in [-0.1, -0.05) is 60.7 Å². The van der Waals surface area contributed by atoms with E-state index in [9.17, 15) is 9.59 Å². The Morgan fingerprint density at radius 1 is 0.906 bits per heavy atom. The highest BCUT2D eigenvalue weighted by Gasteiger charge is 2.64. The molecule has 3 atom stereocenters. The molecular weight excluding hydrogens is 404 g/mol. The van der Waals surface area contributed by atoms with Crippen molar-refractivity contribution in [1.82, 2.24) is 4.90 Å². The number of rotatable bonds is 5. The molecule has 2 aliphatic rings. The fraction of sp³-hybridized carbons (Fsp3) is 0.231. The summed E-state index contributed by atoms with van der Waals surface area (Å²) in [6, 6.07) is 25.9. The van der Waals surface area contributed by atoms with Gasteiger partial charge in [-0.2, -0.15) is 0 Å². The van der Waals surface area contributed by atoms with Crippen molar-refractivity contribution in [3.8, 4) is 5.75 Å².